The molecular weight excluding hydrogens is 372 g/mol. The van der Waals surface area contributed by atoms with Crippen molar-refractivity contribution < 1.29 is 14.3 Å². The van der Waals surface area contributed by atoms with E-state index in [2.05, 4.69) is 25.5 Å². The van der Waals surface area contributed by atoms with Crippen LogP contribution in [0.5, 0.6) is 0 Å². The quantitative estimate of drug-likeness (QED) is 0.785. The maximum absolute atomic E-state index is 12.4. The fraction of sp³-hybridized carbons (Fsp3) is 0.471. The van der Waals surface area contributed by atoms with E-state index in [1.807, 2.05) is 6.92 Å². The number of thiophene rings is 1. The second-order valence-electron chi connectivity index (χ2n) is 6.09. The number of amides is 1. The zero-order valence-electron chi connectivity index (χ0n) is 14.9. The Morgan fingerprint density at radius 1 is 1.27 bits per heavy atom. The lowest BCUT2D eigenvalue weighted by molar-refractivity contribution is -0.117. The molecule has 0 aromatic carbocycles. The molecule has 1 aliphatic heterocycles. The molecule has 26 heavy (non-hydrogen) atoms. The number of aryl methyl sites for hydroxylation is 1. The second-order valence-corrected chi connectivity index (χ2v) is 7.84. The molecule has 1 amide bonds. The summed E-state index contributed by atoms with van der Waals surface area (Å²) in [5.41, 5.74) is 1.56. The molecule has 3 rings (SSSR count). The van der Waals surface area contributed by atoms with Gasteiger partial charge in [-0.15, -0.1) is 22.7 Å². The fourth-order valence-electron chi connectivity index (χ4n) is 2.86. The normalized spacial score (nSPS) is 15.5. The molecule has 0 radical (unpaired) electrons. The predicted molar refractivity (Wildman–Crippen MR) is 104 cm³/mol. The van der Waals surface area contributed by atoms with Crippen LogP contribution in [0.15, 0.2) is 16.8 Å². The van der Waals surface area contributed by atoms with Crippen LogP contribution in [0, 0.1) is 6.92 Å². The lowest BCUT2D eigenvalue weighted by Gasteiger charge is -2.21. The first-order valence-corrected chi connectivity index (χ1v) is 10.2. The third-order valence-corrected chi connectivity index (χ3v) is 6.06. The van der Waals surface area contributed by atoms with E-state index in [0.29, 0.717) is 17.1 Å². The zero-order valence-corrected chi connectivity index (χ0v) is 16.5. The lowest BCUT2D eigenvalue weighted by atomic mass is 10.3. The van der Waals surface area contributed by atoms with Gasteiger partial charge in [-0.05, 0) is 24.8 Å². The summed E-state index contributed by atoms with van der Waals surface area (Å²) in [6.07, 6.45) is 0.984. The first-order chi connectivity index (χ1) is 12.6. The number of carbonyl (C=O) groups excluding carboxylic acids is 2. The topological polar surface area (TPSA) is 74.8 Å². The standard InChI is InChI=1S/C17H22N4O3S2/c1-12-11-26-17(18-12)21-6-3-5-20(7-8-21)10-14(22)19-13-4-9-25-15(13)16(23)24-2/h4,9,11H,3,5-8,10H2,1-2H3,(H,19,22). The van der Waals surface area contributed by atoms with Gasteiger partial charge < -0.3 is 15.0 Å². The molecule has 9 heteroatoms. The molecule has 0 bridgehead atoms. The highest BCUT2D eigenvalue weighted by atomic mass is 32.1. The Balaban J connectivity index is 1.53. The highest BCUT2D eigenvalue weighted by molar-refractivity contribution is 7.13. The molecule has 140 valence electrons. The number of nitrogens with one attached hydrogen (secondary N) is 1. The number of rotatable bonds is 5. The summed E-state index contributed by atoms with van der Waals surface area (Å²) < 4.78 is 4.74. The van der Waals surface area contributed by atoms with Gasteiger partial charge in [-0.1, -0.05) is 0 Å². The Labute approximate surface area is 160 Å². The van der Waals surface area contributed by atoms with Gasteiger partial charge in [-0.3, -0.25) is 9.69 Å². The maximum atomic E-state index is 12.4. The lowest BCUT2D eigenvalue weighted by Crippen LogP contribution is -2.36. The third-order valence-electron chi connectivity index (χ3n) is 4.14. The van der Waals surface area contributed by atoms with Gasteiger partial charge in [-0.2, -0.15) is 0 Å². The summed E-state index contributed by atoms with van der Waals surface area (Å²) >= 11 is 2.92. The van der Waals surface area contributed by atoms with E-state index in [1.54, 1.807) is 22.8 Å². The van der Waals surface area contributed by atoms with E-state index in [9.17, 15) is 9.59 Å². The van der Waals surface area contributed by atoms with Gasteiger partial charge in [0.25, 0.3) is 0 Å². The highest BCUT2D eigenvalue weighted by Gasteiger charge is 2.20. The van der Waals surface area contributed by atoms with Crippen molar-refractivity contribution in [3.8, 4) is 0 Å². The third kappa shape index (κ3) is 4.60. The first kappa shape index (κ1) is 18.8. The molecule has 3 heterocycles. The van der Waals surface area contributed by atoms with Crippen molar-refractivity contribution in [3.63, 3.8) is 0 Å². The van der Waals surface area contributed by atoms with Crippen LogP contribution in [0.4, 0.5) is 10.8 Å². The Morgan fingerprint density at radius 3 is 2.85 bits per heavy atom. The van der Waals surface area contributed by atoms with Gasteiger partial charge in [0.1, 0.15) is 4.88 Å². The van der Waals surface area contributed by atoms with Crippen LogP contribution in [0.25, 0.3) is 0 Å². The Kier molecular flexibility index (Phi) is 6.23. The SMILES string of the molecule is COC(=O)c1sccc1NC(=O)CN1CCCN(c2nc(C)cs2)CC1. The minimum atomic E-state index is -0.431. The van der Waals surface area contributed by atoms with E-state index in [0.717, 1.165) is 43.4 Å². The zero-order chi connectivity index (χ0) is 18.5. The van der Waals surface area contributed by atoms with Crippen LogP contribution in [0.3, 0.4) is 0 Å². The van der Waals surface area contributed by atoms with Crippen LogP contribution in [0.2, 0.25) is 0 Å². The number of hydrogen-bond acceptors (Lipinski definition) is 8. The van der Waals surface area contributed by atoms with Crippen molar-refractivity contribution in [1.82, 2.24) is 9.88 Å². The second kappa shape index (κ2) is 8.61. The molecular formula is C17H22N4O3S2. The summed E-state index contributed by atoms with van der Waals surface area (Å²) in [6, 6.07) is 1.73. The first-order valence-electron chi connectivity index (χ1n) is 8.42. The number of thiazole rings is 1. The van der Waals surface area contributed by atoms with Crippen molar-refractivity contribution in [3.05, 3.63) is 27.4 Å². The Bertz CT molecular complexity index is 774. The molecule has 1 aliphatic rings. The summed E-state index contributed by atoms with van der Waals surface area (Å²) in [5, 5.41) is 7.70. The number of esters is 1. The Hall–Kier alpha value is -1.97. The smallest absolute Gasteiger partial charge is 0.350 e. The molecule has 1 saturated heterocycles. The van der Waals surface area contributed by atoms with E-state index >= 15 is 0 Å². The number of hydrogen-bond donors (Lipinski definition) is 1. The van der Waals surface area contributed by atoms with Gasteiger partial charge >= 0.3 is 5.97 Å². The monoisotopic (exact) mass is 394 g/mol. The predicted octanol–water partition coefficient (Wildman–Crippen LogP) is 2.45. The van der Waals surface area contributed by atoms with Crippen LogP contribution in [-0.4, -0.2) is 61.6 Å². The summed E-state index contributed by atoms with van der Waals surface area (Å²) in [4.78, 5) is 33.5. The van der Waals surface area contributed by atoms with Crippen molar-refractivity contribution in [2.45, 2.75) is 13.3 Å². The van der Waals surface area contributed by atoms with Crippen LogP contribution in [-0.2, 0) is 9.53 Å². The van der Waals surface area contributed by atoms with Crippen LogP contribution < -0.4 is 10.2 Å². The van der Waals surface area contributed by atoms with Gasteiger partial charge in [0.15, 0.2) is 5.13 Å². The number of nitrogens with zero attached hydrogens (tertiary/aromatic N) is 3. The molecule has 0 spiro atoms. The molecule has 0 saturated carbocycles. The molecule has 0 aliphatic carbocycles. The van der Waals surface area contributed by atoms with E-state index in [4.69, 9.17) is 4.74 Å². The summed E-state index contributed by atoms with van der Waals surface area (Å²) in [6.45, 7) is 5.78. The molecule has 1 N–H and O–H groups in total. The maximum Gasteiger partial charge on any atom is 0.350 e. The minimum absolute atomic E-state index is 0.118. The average molecular weight is 395 g/mol. The van der Waals surface area contributed by atoms with Crippen LogP contribution >= 0.6 is 22.7 Å². The average Bonchev–Trinajstić information content (AvgIpc) is 3.19. The van der Waals surface area contributed by atoms with Crippen molar-refractivity contribution >= 4 is 45.4 Å². The fourth-order valence-corrected chi connectivity index (χ4v) is 4.48. The number of anilines is 2. The number of carbonyl (C=O) groups is 2. The summed E-state index contributed by atoms with van der Waals surface area (Å²) in [5.74, 6) is -0.549. The van der Waals surface area contributed by atoms with Crippen LogP contribution in [0.1, 0.15) is 21.8 Å². The molecule has 2 aromatic rings. The molecule has 1 fully saturated rings. The number of ether oxygens (including phenoxy) is 1. The van der Waals surface area contributed by atoms with E-state index in [1.165, 1.54) is 18.4 Å². The molecule has 0 atom stereocenters. The largest absolute Gasteiger partial charge is 0.465 e. The van der Waals surface area contributed by atoms with Crippen molar-refractivity contribution in [1.29, 1.82) is 0 Å². The molecule has 7 nitrogen and oxygen atoms in total. The van der Waals surface area contributed by atoms with Gasteiger partial charge in [0, 0.05) is 31.6 Å². The van der Waals surface area contributed by atoms with Gasteiger partial charge in [0.05, 0.1) is 25.0 Å². The number of methoxy groups -OCH3 is 1. The van der Waals surface area contributed by atoms with Crippen molar-refractivity contribution in [2.75, 3.05) is 50.1 Å². The van der Waals surface area contributed by atoms with E-state index < -0.39 is 5.97 Å². The Morgan fingerprint density at radius 2 is 2.12 bits per heavy atom. The number of aromatic nitrogens is 1. The highest BCUT2D eigenvalue weighted by Crippen LogP contribution is 2.23. The van der Waals surface area contributed by atoms with Gasteiger partial charge in [-0.25, -0.2) is 9.78 Å². The van der Waals surface area contributed by atoms with Gasteiger partial charge in [0.2, 0.25) is 5.91 Å². The van der Waals surface area contributed by atoms with Crippen molar-refractivity contribution in [2.24, 2.45) is 0 Å². The van der Waals surface area contributed by atoms with E-state index in [-0.39, 0.29) is 5.91 Å². The summed E-state index contributed by atoms with van der Waals surface area (Å²) in [7, 11) is 1.33. The molecule has 2 aromatic heterocycles. The minimum Gasteiger partial charge on any atom is -0.465 e. The molecule has 0 unspecified atom stereocenters.